The van der Waals surface area contributed by atoms with Crippen molar-refractivity contribution in [1.82, 2.24) is 10.3 Å². The molecule has 3 heterocycles. The molecule has 6 heteroatoms. The molecule has 2 aliphatic heterocycles. The molecule has 1 atom stereocenters. The highest BCUT2D eigenvalue weighted by Crippen LogP contribution is 2.33. The highest BCUT2D eigenvalue weighted by Gasteiger charge is 2.28. The second kappa shape index (κ2) is 6.55. The predicted molar refractivity (Wildman–Crippen MR) is 105 cm³/mol. The standard InChI is InChI=1S/C21H20N4O2/c26-21-15-6-2-4-8-18(15)22-19(24-21)16-13-14-5-1-3-7-17(14)23-20(16)25-9-11-27-12-10-25/h1-8,13,19,22H,9-12H2,(H,24,26)/t19-/m1/s1. The number of nitrogens with zero attached hydrogens (tertiary/aromatic N) is 2. The second-order valence-electron chi connectivity index (χ2n) is 6.79. The van der Waals surface area contributed by atoms with Gasteiger partial charge in [-0.05, 0) is 24.3 Å². The largest absolute Gasteiger partial charge is 0.378 e. The molecular weight excluding hydrogens is 340 g/mol. The lowest BCUT2D eigenvalue weighted by molar-refractivity contribution is 0.0935. The van der Waals surface area contributed by atoms with Gasteiger partial charge in [0.1, 0.15) is 12.0 Å². The van der Waals surface area contributed by atoms with E-state index in [0.717, 1.165) is 41.1 Å². The van der Waals surface area contributed by atoms with Crippen molar-refractivity contribution in [1.29, 1.82) is 0 Å². The summed E-state index contributed by atoms with van der Waals surface area (Å²) < 4.78 is 5.50. The third kappa shape index (κ3) is 2.88. The Bertz CT molecular complexity index is 1010. The molecular formula is C21H20N4O2. The Morgan fingerprint density at radius 2 is 1.78 bits per heavy atom. The maximum absolute atomic E-state index is 12.6. The molecule has 1 saturated heterocycles. The van der Waals surface area contributed by atoms with E-state index in [1.54, 1.807) is 0 Å². The van der Waals surface area contributed by atoms with Gasteiger partial charge >= 0.3 is 0 Å². The number of anilines is 2. The first-order valence-corrected chi connectivity index (χ1v) is 9.18. The Labute approximate surface area is 157 Å². The molecule has 6 nitrogen and oxygen atoms in total. The van der Waals surface area contributed by atoms with Crippen LogP contribution in [0.2, 0.25) is 0 Å². The number of hydrogen-bond donors (Lipinski definition) is 2. The summed E-state index contributed by atoms with van der Waals surface area (Å²) in [6.45, 7) is 2.94. The summed E-state index contributed by atoms with van der Waals surface area (Å²) in [7, 11) is 0. The van der Waals surface area contributed by atoms with Crippen LogP contribution in [0.4, 0.5) is 11.5 Å². The first-order valence-electron chi connectivity index (χ1n) is 9.18. The van der Waals surface area contributed by atoms with Crippen LogP contribution in [-0.4, -0.2) is 37.2 Å². The van der Waals surface area contributed by atoms with Crippen LogP contribution in [0.1, 0.15) is 22.1 Å². The van der Waals surface area contributed by atoms with Crippen LogP contribution in [0.25, 0.3) is 10.9 Å². The molecule has 2 aliphatic rings. The minimum absolute atomic E-state index is 0.0737. The minimum Gasteiger partial charge on any atom is -0.378 e. The zero-order valence-corrected chi connectivity index (χ0v) is 14.8. The molecule has 3 aromatic rings. The highest BCUT2D eigenvalue weighted by molar-refractivity contribution is 6.02. The lowest BCUT2D eigenvalue weighted by Gasteiger charge is -2.34. The number of fused-ring (bicyclic) bond motifs is 2. The quantitative estimate of drug-likeness (QED) is 0.736. The fourth-order valence-corrected chi connectivity index (χ4v) is 3.73. The van der Waals surface area contributed by atoms with Gasteiger partial charge in [0.05, 0.1) is 24.3 Å². The van der Waals surface area contributed by atoms with Crippen LogP contribution in [-0.2, 0) is 4.74 Å². The lowest BCUT2D eigenvalue weighted by atomic mass is 10.0. The number of morpholine rings is 1. The van der Waals surface area contributed by atoms with Gasteiger partial charge in [-0.3, -0.25) is 4.79 Å². The summed E-state index contributed by atoms with van der Waals surface area (Å²) in [6.07, 6.45) is -0.331. The van der Waals surface area contributed by atoms with Crippen molar-refractivity contribution >= 4 is 28.3 Å². The summed E-state index contributed by atoms with van der Waals surface area (Å²) in [6, 6.07) is 17.8. The first kappa shape index (κ1) is 16.1. The molecule has 0 aliphatic carbocycles. The van der Waals surface area contributed by atoms with Crippen molar-refractivity contribution in [2.75, 3.05) is 36.5 Å². The van der Waals surface area contributed by atoms with E-state index in [4.69, 9.17) is 9.72 Å². The topological polar surface area (TPSA) is 66.5 Å². The Balaban J connectivity index is 1.62. The Morgan fingerprint density at radius 3 is 2.67 bits per heavy atom. The van der Waals surface area contributed by atoms with E-state index in [-0.39, 0.29) is 12.1 Å². The number of pyridine rings is 1. The van der Waals surface area contributed by atoms with Crippen LogP contribution in [0.15, 0.2) is 54.6 Å². The third-order valence-electron chi connectivity index (χ3n) is 5.10. The molecule has 2 aromatic carbocycles. The summed E-state index contributed by atoms with van der Waals surface area (Å²) in [4.78, 5) is 19.8. The maximum atomic E-state index is 12.6. The molecule has 1 aromatic heterocycles. The van der Waals surface area contributed by atoms with Gasteiger partial charge in [0.15, 0.2) is 0 Å². The molecule has 2 N–H and O–H groups in total. The van der Waals surface area contributed by atoms with Gasteiger partial charge in [0, 0.05) is 29.7 Å². The van der Waals surface area contributed by atoms with Gasteiger partial charge in [0.2, 0.25) is 0 Å². The molecule has 0 radical (unpaired) electrons. The Kier molecular flexibility index (Phi) is 3.90. The number of carbonyl (C=O) groups excluding carboxylic acids is 1. The Morgan fingerprint density at radius 1 is 1.00 bits per heavy atom. The van der Waals surface area contributed by atoms with Gasteiger partial charge in [-0.15, -0.1) is 0 Å². The second-order valence-corrected chi connectivity index (χ2v) is 6.79. The zero-order valence-electron chi connectivity index (χ0n) is 14.8. The van der Waals surface area contributed by atoms with Crippen molar-refractivity contribution in [3.63, 3.8) is 0 Å². The number of rotatable bonds is 2. The molecule has 0 bridgehead atoms. The van der Waals surface area contributed by atoms with E-state index in [1.165, 1.54) is 0 Å². The zero-order chi connectivity index (χ0) is 18.2. The molecule has 136 valence electrons. The van der Waals surface area contributed by atoms with Gasteiger partial charge in [-0.1, -0.05) is 30.3 Å². The minimum atomic E-state index is -0.331. The highest BCUT2D eigenvalue weighted by atomic mass is 16.5. The molecule has 1 fully saturated rings. The van der Waals surface area contributed by atoms with Crippen molar-refractivity contribution in [3.05, 3.63) is 65.7 Å². The number of nitrogens with one attached hydrogen (secondary N) is 2. The van der Waals surface area contributed by atoms with Crippen molar-refractivity contribution in [2.24, 2.45) is 0 Å². The predicted octanol–water partition coefficient (Wildman–Crippen LogP) is 2.93. The van der Waals surface area contributed by atoms with Crippen molar-refractivity contribution < 1.29 is 9.53 Å². The summed E-state index contributed by atoms with van der Waals surface area (Å²) in [5.41, 5.74) is 3.42. The van der Waals surface area contributed by atoms with Gasteiger partial charge in [0.25, 0.3) is 5.91 Å². The van der Waals surface area contributed by atoms with E-state index in [1.807, 2.05) is 48.5 Å². The average molecular weight is 360 g/mol. The molecule has 0 saturated carbocycles. The number of aromatic nitrogens is 1. The number of ether oxygens (including phenoxy) is 1. The summed E-state index contributed by atoms with van der Waals surface area (Å²) >= 11 is 0. The Hall–Kier alpha value is -3.12. The van der Waals surface area contributed by atoms with Crippen LogP contribution in [0, 0.1) is 0 Å². The monoisotopic (exact) mass is 360 g/mol. The van der Waals surface area contributed by atoms with Crippen LogP contribution in [0.3, 0.4) is 0 Å². The van der Waals surface area contributed by atoms with Gasteiger partial charge < -0.3 is 20.3 Å². The van der Waals surface area contributed by atoms with Crippen LogP contribution < -0.4 is 15.5 Å². The van der Waals surface area contributed by atoms with Gasteiger partial charge in [-0.25, -0.2) is 4.98 Å². The molecule has 1 amide bonds. The SMILES string of the molecule is O=C1N[C@H](c2cc3ccccc3nc2N2CCOCC2)Nc2ccccc21. The number of para-hydroxylation sites is 2. The van der Waals surface area contributed by atoms with Crippen molar-refractivity contribution in [3.8, 4) is 0 Å². The summed E-state index contributed by atoms with van der Waals surface area (Å²) in [5, 5.41) is 7.60. The third-order valence-corrected chi connectivity index (χ3v) is 5.10. The molecule has 0 unspecified atom stereocenters. The van der Waals surface area contributed by atoms with Crippen LogP contribution >= 0.6 is 0 Å². The van der Waals surface area contributed by atoms with E-state index >= 15 is 0 Å². The fraction of sp³-hybridized carbons (Fsp3) is 0.238. The molecule has 5 rings (SSSR count). The lowest BCUT2D eigenvalue weighted by Crippen LogP contribution is -2.41. The van der Waals surface area contributed by atoms with Crippen LogP contribution in [0.5, 0.6) is 0 Å². The average Bonchev–Trinajstić information content (AvgIpc) is 2.73. The van der Waals surface area contributed by atoms with E-state index in [0.29, 0.717) is 18.8 Å². The molecule has 0 spiro atoms. The van der Waals surface area contributed by atoms with Crippen molar-refractivity contribution in [2.45, 2.75) is 6.17 Å². The number of carbonyl (C=O) groups is 1. The smallest absolute Gasteiger partial charge is 0.255 e. The van der Waals surface area contributed by atoms with Gasteiger partial charge in [-0.2, -0.15) is 0 Å². The first-order chi connectivity index (χ1) is 13.3. The number of benzene rings is 2. The number of hydrogen-bond acceptors (Lipinski definition) is 5. The fourth-order valence-electron chi connectivity index (χ4n) is 3.73. The summed E-state index contributed by atoms with van der Waals surface area (Å²) in [5.74, 6) is 0.824. The van der Waals surface area contributed by atoms with E-state index < -0.39 is 0 Å². The number of amides is 1. The normalized spacial score (nSPS) is 19.3. The molecule has 27 heavy (non-hydrogen) atoms. The maximum Gasteiger partial charge on any atom is 0.255 e. The van der Waals surface area contributed by atoms with E-state index in [9.17, 15) is 4.79 Å². The van der Waals surface area contributed by atoms with E-state index in [2.05, 4.69) is 21.6 Å².